The first-order chi connectivity index (χ1) is 13.4. The fourth-order valence-electron chi connectivity index (χ4n) is 3.20. The molecule has 0 fully saturated rings. The summed E-state index contributed by atoms with van der Waals surface area (Å²) in [5.41, 5.74) is 7.67. The van der Waals surface area contributed by atoms with Gasteiger partial charge in [0.15, 0.2) is 0 Å². The molecule has 0 radical (unpaired) electrons. The standard InChI is InChI=1S/C21H21N3O4/c1-13-9-10-15-16(12-13)21(28)24(20(15)27)11-5-8-17(25)23-18(19(22)26)14-6-3-2-4-7-14/h2-4,6-7,9-10,12,18H,5,8,11H2,1H3,(H2,22,26)(H,23,25). The van der Waals surface area contributed by atoms with Crippen molar-refractivity contribution >= 4 is 23.6 Å². The molecule has 0 bridgehead atoms. The van der Waals surface area contributed by atoms with E-state index in [0.29, 0.717) is 16.7 Å². The second-order valence-electron chi connectivity index (χ2n) is 6.73. The Labute approximate surface area is 162 Å². The Morgan fingerprint density at radius 1 is 1.04 bits per heavy atom. The average molecular weight is 379 g/mol. The van der Waals surface area contributed by atoms with Crippen LogP contribution in [0.3, 0.4) is 0 Å². The maximum Gasteiger partial charge on any atom is 0.261 e. The van der Waals surface area contributed by atoms with Gasteiger partial charge in [0, 0.05) is 13.0 Å². The molecule has 1 unspecified atom stereocenters. The fraction of sp³-hybridized carbons (Fsp3) is 0.238. The predicted molar refractivity (Wildman–Crippen MR) is 102 cm³/mol. The minimum Gasteiger partial charge on any atom is -0.368 e. The Kier molecular flexibility index (Phi) is 5.54. The number of aryl methyl sites for hydroxylation is 1. The molecule has 0 aliphatic carbocycles. The maximum absolute atomic E-state index is 12.4. The number of nitrogens with zero attached hydrogens (tertiary/aromatic N) is 1. The van der Waals surface area contributed by atoms with Crippen LogP contribution in [0.15, 0.2) is 48.5 Å². The lowest BCUT2D eigenvalue weighted by Crippen LogP contribution is -2.38. The summed E-state index contributed by atoms with van der Waals surface area (Å²) in [5, 5.41) is 2.60. The summed E-state index contributed by atoms with van der Waals surface area (Å²) in [4.78, 5) is 49.9. The Balaban J connectivity index is 1.56. The molecule has 1 heterocycles. The zero-order valence-electron chi connectivity index (χ0n) is 15.5. The van der Waals surface area contributed by atoms with E-state index in [0.717, 1.165) is 10.5 Å². The highest BCUT2D eigenvalue weighted by Gasteiger charge is 2.35. The van der Waals surface area contributed by atoms with Crippen molar-refractivity contribution in [2.45, 2.75) is 25.8 Å². The first-order valence-electron chi connectivity index (χ1n) is 8.99. The molecule has 0 aromatic heterocycles. The van der Waals surface area contributed by atoms with Gasteiger partial charge in [-0.3, -0.25) is 24.1 Å². The van der Waals surface area contributed by atoms with Crippen LogP contribution in [0.5, 0.6) is 0 Å². The predicted octanol–water partition coefficient (Wildman–Crippen LogP) is 1.71. The zero-order valence-corrected chi connectivity index (χ0v) is 15.5. The van der Waals surface area contributed by atoms with Gasteiger partial charge in [-0.05, 0) is 31.0 Å². The number of carbonyl (C=O) groups excluding carboxylic acids is 4. The molecule has 2 aromatic rings. The zero-order chi connectivity index (χ0) is 20.3. The van der Waals surface area contributed by atoms with Crippen LogP contribution in [-0.4, -0.2) is 35.1 Å². The number of nitrogens with one attached hydrogen (secondary N) is 1. The van der Waals surface area contributed by atoms with Crippen LogP contribution in [0.1, 0.15) is 50.7 Å². The Hall–Kier alpha value is -3.48. The van der Waals surface area contributed by atoms with Crippen LogP contribution in [0, 0.1) is 6.92 Å². The highest BCUT2D eigenvalue weighted by Crippen LogP contribution is 2.24. The van der Waals surface area contributed by atoms with Crippen molar-refractivity contribution < 1.29 is 19.2 Å². The first-order valence-corrected chi connectivity index (χ1v) is 8.99. The van der Waals surface area contributed by atoms with Crippen molar-refractivity contribution in [2.24, 2.45) is 5.73 Å². The number of hydrogen-bond donors (Lipinski definition) is 2. The van der Waals surface area contributed by atoms with E-state index in [-0.39, 0.29) is 37.1 Å². The third-order valence-corrected chi connectivity index (χ3v) is 4.63. The molecule has 4 amide bonds. The molecule has 0 saturated carbocycles. The Morgan fingerprint density at radius 2 is 1.71 bits per heavy atom. The lowest BCUT2D eigenvalue weighted by Gasteiger charge is -2.17. The maximum atomic E-state index is 12.4. The number of hydrogen-bond acceptors (Lipinski definition) is 4. The second-order valence-corrected chi connectivity index (χ2v) is 6.73. The highest BCUT2D eigenvalue weighted by atomic mass is 16.2. The van der Waals surface area contributed by atoms with E-state index in [1.807, 2.05) is 6.92 Å². The van der Waals surface area contributed by atoms with Crippen LogP contribution in [-0.2, 0) is 9.59 Å². The smallest absolute Gasteiger partial charge is 0.261 e. The largest absolute Gasteiger partial charge is 0.368 e. The van der Waals surface area contributed by atoms with E-state index in [4.69, 9.17) is 5.73 Å². The summed E-state index contributed by atoms with van der Waals surface area (Å²) < 4.78 is 0. The van der Waals surface area contributed by atoms with Crippen molar-refractivity contribution in [1.29, 1.82) is 0 Å². The molecular weight excluding hydrogens is 358 g/mol. The molecule has 0 saturated heterocycles. The van der Waals surface area contributed by atoms with Crippen LogP contribution >= 0.6 is 0 Å². The van der Waals surface area contributed by atoms with Gasteiger partial charge in [-0.25, -0.2) is 0 Å². The average Bonchev–Trinajstić information content (AvgIpc) is 2.90. The lowest BCUT2D eigenvalue weighted by molar-refractivity contribution is -0.127. The van der Waals surface area contributed by atoms with Gasteiger partial charge in [0.05, 0.1) is 11.1 Å². The molecule has 144 valence electrons. The van der Waals surface area contributed by atoms with Crippen LogP contribution in [0.25, 0.3) is 0 Å². The van der Waals surface area contributed by atoms with Gasteiger partial charge < -0.3 is 11.1 Å². The normalized spacial score (nSPS) is 14.0. The number of benzene rings is 2. The molecule has 1 atom stereocenters. The molecule has 2 aromatic carbocycles. The number of carbonyl (C=O) groups is 4. The number of rotatable bonds is 7. The van der Waals surface area contributed by atoms with Crippen molar-refractivity contribution in [3.05, 3.63) is 70.8 Å². The van der Waals surface area contributed by atoms with Crippen molar-refractivity contribution in [3.8, 4) is 0 Å². The molecule has 1 aliphatic rings. The molecule has 7 nitrogen and oxygen atoms in total. The van der Waals surface area contributed by atoms with E-state index in [1.165, 1.54) is 0 Å². The molecule has 1 aliphatic heterocycles. The number of primary amides is 1. The van der Waals surface area contributed by atoms with Crippen LogP contribution in [0.2, 0.25) is 0 Å². The summed E-state index contributed by atoms with van der Waals surface area (Å²) >= 11 is 0. The van der Waals surface area contributed by atoms with Gasteiger partial charge in [-0.1, -0.05) is 42.0 Å². The molecule has 3 N–H and O–H groups in total. The minimum atomic E-state index is -0.920. The van der Waals surface area contributed by atoms with Gasteiger partial charge in [0.2, 0.25) is 11.8 Å². The summed E-state index contributed by atoms with van der Waals surface area (Å²) in [5.74, 6) is -1.72. The van der Waals surface area contributed by atoms with E-state index in [2.05, 4.69) is 5.32 Å². The number of imide groups is 1. The number of amides is 4. The summed E-state index contributed by atoms with van der Waals surface area (Å²) in [6, 6.07) is 12.9. The van der Waals surface area contributed by atoms with Crippen LogP contribution in [0.4, 0.5) is 0 Å². The lowest BCUT2D eigenvalue weighted by atomic mass is 10.1. The third-order valence-electron chi connectivity index (χ3n) is 4.63. The highest BCUT2D eigenvalue weighted by molar-refractivity contribution is 6.21. The molecule has 0 spiro atoms. The van der Waals surface area contributed by atoms with Crippen molar-refractivity contribution in [1.82, 2.24) is 10.2 Å². The van der Waals surface area contributed by atoms with Gasteiger partial charge in [0.1, 0.15) is 6.04 Å². The van der Waals surface area contributed by atoms with E-state index >= 15 is 0 Å². The quantitative estimate of drug-likeness (QED) is 0.714. The summed E-state index contributed by atoms with van der Waals surface area (Å²) in [6.07, 6.45) is 0.347. The van der Waals surface area contributed by atoms with Crippen LogP contribution < -0.4 is 11.1 Å². The van der Waals surface area contributed by atoms with E-state index in [1.54, 1.807) is 48.5 Å². The Morgan fingerprint density at radius 3 is 2.39 bits per heavy atom. The number of fused-ring (bicyclic) bond motifs is 1. The van der Waals surface area contributed by atoms with E-state index < -0.39 is 11.9 Å². The van der Waals surface area contributed by atoms with Crippen molar-refractivity contribution in [3.63, 3.8) is 0 Å². The topological polar surface area (TPSA) is 110 Å². The summed E-state index contributed by atoms with van der Waals surface area (Å²) in [6.45, 7) is 1.98. The van der Waals surface area contributed by atoms with Gasteiger partial charge in [0.25, 0.3) is 11.8 Å². The molecular formula is C21H21N3O4. The SMILES string of the molecule is Cc1ccc2c(c1)C(=O)N(CCCC(=O)NC(C(N)=O)c1ccccc1)C2=O. The fourth-order valence-corrected chi connectivity index (χ4v) is 3.20. The van der Waals surface area contributed by atoms with Gasteiger partial charge in [-0.2, -0.15) is 0 Å². The minimum absolute atomic E-state index is 0.0586. The monoisotopic (exact) mass is 379 g/mol. The number of nitrogens with two attached hydrogens (primary N) is 1. The van der Waals surface area contributed by atoms with Crippen molar-refractivity contribution in [2.75, 3.05) is 6.54 Å². The van der Waals surface area contributed by atoms with Gasteiger partial charge in [-0.15, -0.1) is 0 Å². The third kappa shape index (κ3) is 3.93. The van der Waals surface area contributed by atoms with Gasteiger partial charge >= 0.3 is 0 Å². The second kappa shape index (κ2) is 8.04. The Bertz CT molecular complexity index is 940. The first kappa shape index (κ1) is 19.3. The summed E-state index contributed by atoms with van der Waals surface area (Å²) in [7, 11) is 0. The van der Waals surface area contributed by atoms with E-state index in [9.17, 15) is 19.2 Å². The molecule has 28 heavy (non-hydrogen) atoms. The molecule has 3 rings (SSSR count). The molecule has 7 heteroatoms.